The van der Waals surface area contributed by atoms with Crippen LogP contribution in [0.1, 0.15) is 92.4 Å². The standard InChI is InChI=1S/C27H38O3/c1-17(28)25-12-14-26(15-13-25)21-7-6-18-16-27(29-22(30-27)23(2,3)4)11-9-19(18)20(21)8-10-24(25,26)5/h12,14,20-22H,6-11,13,15-16H2,1-5H3/t20-,21-,22?,24-,25-,26?,27?/m1/s1. The van der Waals surface area contributed by atoms with Gasteiger partial charge in [0.1, 0.15) is 5.78 Å². The second-order valence-corrected chi connectivity index (χ2v) is 12.7. The van der Waals surface area contributed by atoms with Gasteiger partial charge < -0.3 is 9.47 Å². The highest BCUT2D eigenvalue weighted by Crippen LogP contribution is 2.78. The maximum absolute atomic E-state index is 12.8. The van der Waals surface area contributed by atoms with Crippen molar-refractivity contribution >= 4 is 5.78 Å². The maximum Gasteiger partial charge on any atom is 0.178 e. The van der Waals surface area contributed by atoms with Gasteiger partial charge in [-0.3, -0.25) is 4.79 Å². The number of ether oxygens (including phenoxy) is 2. The fourth-order valence-electron chi connectivity index (χ4n) is 8.94. The molecule has 1 spiro atoms. The molecule has 3 nitrogen and oxygen atoms in total. The van der Waals surface area contributed by atoms with E-state index in [1.54, 1.807) is 11.1 Å². The summed E-state index contributed by atoms with van der Waals surface area (Å²) in [6.45, 7) is 10.9. The van der Waals surface area contributed by atoms with E-state index in [2.05, 4.69) is 39.8 Å². The van der Waals surface area contributed by atoms with E-state index in [0.717, 1.165) is 31.6 Å². The van der Waals surface area contributed by atoms with Crippen molar-refractivity contribution in [1.29, 1.82) is 0 Å². The first-order valence-electron chi connectivity index (χ1n) is 12.3. The lowest BCUT2D eigenvalue weighted by Crippen LogP contribution is -2.60. The van der Waals surface area contributed by atoms with Crippen molar-refractivity contribution in [2.75, 3.05) is 0 Å². The fourth-order valence-corrected chi connectivity index (χ4v) is 8.94. The molecule has 3 fully saturated rings. The quantitative estimate of drug-likeness (QED) is 0.474. The van der Waals surface area contributed by atoms with Gasteiger partial charge in [-0.1, -0.05) is 51.0 Å². The Hall–Kier alpha value is -0.930. The van der Waals surface area contributed by atoms with E-state index in [0.29, 0.717) is 11.7 Å². The van der Waals surface area contributed by atoms with E-state index >= 15 is 0 Å². The molecule has 0 aromatic heterocycles. The van der Waals surface area contributed by atoms with E-state index < -0.39 is 0 Å². The number of allylic oxidation sites excluding steroid dienone is 3. The van der Waals surface area contributed by atoms with Crippen LogP contribution in [0.5, 0.6) is 0 Å². The lowest BCUT2D eigenvalue weighted by Gasteiger charge is -2.60. The molecule has 0 aromatic rings. The van der Waals surface area contributed by atoms with E-state index in [4.69, 9.17) is 9.47 Å². The Morgan fingerprint density at radius 1 is 1.03 bits per heavy atom. The van der Waals surface area contributed by atoms with E-state index in [9.17, 15) is 4.79 Å². The van der Waals surface area contributed by atoms with Crippen LogP contribution in [0.25, 0.3) is 0 Å². The Balaban J connectivity index is 1.28. The van der Waals surface area contributed by atoms with Gasteiger partial charge in [-0.15, -0.1) is 0 Å². The molecule has 6 rings (SSSR count). The zero-order valence-electron chi connectivity index (χ0n) is 19.5. The number of Topliss-reactive ketones (excluding diaryl/α,β-unsaturated/α-hetero) is 1. The smallest absolute Gasteiger partial charge is 0.178 e. The summed E-state index contributed by atoms with van der Waals surface area (Å²) in [5.74, 6) is 1.50. The Bertz CT molecular complexity index is 869. The molecule has 164 valence electrons. The average molecular weight is 411 g/mol. The van der Waals surface area contributed by atoms with Crippen LogP contribution < -0.4 is 0 Å². The van der Waals surface area contributed by atoms with E-state index in [1.807, 2.05) is 6.92 Å². The molecule has 1 saturated heterocycles. The maximum atomic E-state index is 12.8. The summed E-state index contributed by atoms with van der Waals surface area (Å²) in [6.07, 6.45) is 15.2. The van der Waals surface area contributed by atoms with Crippen molar-refractivity contribution in [3.05, 3.63) is 23.3 Å². The summed E-state index contributed by atoms with van der Waals surface area (Å²) in [4.78, 5) is 12.8. The minimum Gasteiger partial charge on any atom is -0.320 e. The summed E-state index contributed by atoms with van der Waals surface area (Å²) >= 11 is 0. The number of ketones is 1. The molecule has 0 amide bonds. The van der Waals surface area contributed by atoms with Crippen molar-refractivity contribution in [1.82, 2.24) is 0 Å². The van der Waals surface area contributed by atoms with Crippen LogP contribution in [0.15, 0.2) is 23.3 Å². The van der Waals surface area contributed by atoms with Gasteiger partial charge in [0.25, 0.3) is 0 Å². The number of hydrogen-bond donors (Lipinski definition) is 0. The molecule has 5 aliphatic carbocycles. The zero-order chi connectivity index (χ0) is 21.2. The lowest BCUT2D eigenvalue weighted by molar-refractivity contribution is -0.476. The predicted molar refractivity (Wildman–Crippen MR) is 116 cm³/mol. The van der Waals surface area contributed by atoms with Crippen molar-refractivity contribution in [3.8, 4) is 0 Å². The molecular formula is C27H38O3. The Morgan fingerprint density at radius 3 is 2.43 bits per heavy atom. The van der Waals surface area contributed by atoms with E-state index in [1.165, 1.54) is 32.1 Å². The molecule has 5 atom stereocenters. The van der Waals surface area contributed by atoms with Gasteiger partial charge in [-0.2, -0.15) is 0 Å². The molecule has 6 aliphatic rings. The number of carbonyl (C=O) groups is 1. The Morgan fingerprint density at radius 2 is 1.80 bits per heavy atom. The summed E-state index contributed by atoms with van der Waals surface area (Å²) in [6, 6.07) is 0. The molecule has 3 heteroatoms. The van der Waals surface area contributed by atoms with Crippen molar-refractivity contribution in [3.63, 3.8) is 0 Å². The van der Waals surface area contributed by atoms with Crippen LogP contribution in [-0.4, -0.2) is 17.9 Å². The summed E-state index contributed by atoms with van der Waals surface area (Å²) in [7, 11) is 0. The van der Waals surface area contributed by atoms with Crippen LogP contribution in [-0.2, 0) is 14.3 Å². The molecule has 1 heterocycles. The van der Waals surface area contributed by atoms with Gasteiger partial charge in [-0.25, -0.2) is 0 Å². The average Bonchev–Trinajstić information content (AvgIpc) is 3.09. The monoisotopic (exact) mass is 410 g/mol. The number of fused-ring (bicyclic) bond motifs is 2. The molecule has 0 aromatic carbocycles. The van der Waals surface area contributed by atoms with Crippen molar-refractivity contribution in [2.45, 2.75) is 104 Å². The topological polar surface area (TPSA) is 35.5 Å². The van der Waals surface area contributed by atoms with Crippen LogP contribution in [0.2, 0.25) is 0 Å². The third-order valence-electron chi connectivity index (χ3n) is 10.6. The molecule has 2 bridgehead atoms. The minimum absolute atomic E-state index is 0.0467. The van der Waals surface area contributed by atoms with Crippen LogP contribution in [0, 0.1) is 33.5 Å². The normalized spacial score (nSPS) is 51.4. The molecular weight excluding hydrogens is 372 g/mol. The Labute approximate surface area is 181 Å². The largest absolute Gasteiger partial charge is 0.320 e. The van der Waals surface area contributed by atoms with Gasteiger partial charge in [0.15, 0.2) is 12.1 Å². The van der Waals surface area contributed by atoms with Crippen molar-refractivity contribution in [2.24, 2.45) is 33.5 Å². The number of hydrogen-bond acceptors (Lipinski definition) is 3. The lowest BCUT2D eigenvalue weighted by atomic mass is 9.45. The van der Waals surface area contributed by atoms with Gasteiger partial charge in [0, 0.05) is 18.3 Å². The predicted octanol–water partition coefficient (Wildman–Crippen LogP) is 6.33. The Kier molecular flexibility index (Phi) is 3.75. The van der Waals surface area contributed by atoms with Crippen LogP contribution in [0.3, 0.4) is 0 Å². The third-order valence-corrected chi connectivity index (χ3v) is 10.6. The van der Waals surface area contributed by atoms with Crippen LogP contribution >= 0.6 is 0 Å². The highest BCUT2D eigenvalue weighted by atomic mass is 16.9. The molecule has 1 unspecified atom stereocenters. The van der Waals surface area contributed by atoms with E-state index in [-0.39, 0.29) is 33.7 Å². The summed E-state index contributed by atoms with van der Waals surface area (Å²) < 4.78 is 12.8. The van der Waals surface area contributed by atoms with Gasteiger partial charge in [0.2, 0.25) is 0 Å². The first-order valence-corrected chi connectivity index (χ1v) is 12.3. The number of rotatable bonds is 1. The first kappa shape index (κ1) is 19.7. The second-order valence-electron chi connectivity index (χ2n) is 12.7. The van der Waals surface area contributed by atoms with Gasteiger partial charge in [-0.05, 0) is 74.5 Å². The minimum atomic E-state index is -0.338. The molecule has 1 aliphatic heterocycles. The second kappa shape index (κ2) is 5.70. The van der Waals surface area contributed by atoms with Crippen molar-refractivity contribution < 1.29 is 14.3 Å². The third kappa shape index (κ3) is 2.12. The summed E-state index contributed by atoms with van der Waals surface area (Å²) in [5, 5.41) is 0. The number of carbonyl (C=O) groups excluding carboxylic acids is 1. The van der Waals surface area contributed by atoms with Gasteiger partial charge >= 0.3 is 0 Å². The summed E-state index contributed by atoms with van der Waals surface area (Å²) in [5.41, 5.74) is 3.65. The highest BCUT2D eigenvalue weighted by Gasteiger charge is 2.72. The zero-order valence-corrected chi connectivity index (χ0v) is 19.5. The van der Waals surface area contributed by atoms with Gasteiger partial charge in [0.05, 0.1) is 5.41 Å². The first-order chi connectivity index (χ1) is 14.1. The molecule has 0 N–H and O–H groups in total. The SMILES string of the molecule is CC(=O)[C@@]12C=CC3(CC1)[C@@H]1CCC4=C(CCC5(C4)OC(C(C)(C)C)O5)[C@H]1CC[C@@]32C. The van der Waals surface area contributed by atoms with Crippen LogP contribution in [0.4, 0.5) is 0 Å². The molecule has 30 heavy (non-hydrogen) atoms. The fraction of sp³-hybridized carbons (Fsp3) is 0.815. The molecule has 2 saturated carbocycles. The highest BCUT2D eigenvalue weighted by molar-refractivity contribution is 5.87. The molecule has 0 radical (unpaired) electrons.